The summed E-state index contributed by atoms with van der Waals surface area (Å²) in [5.41, 5.74) is 0. The number of rotatable bonds is 5. The van der Waals surface area contributed by atoms with E-state index in [1.54, 1.807) is 0 Å². The lowest BCUT2D eigenvalue weighted by Crippen LogP contribution is -2.08. The monoisotopic (exact) mass is 359 g/mol. The SMILES string of the molecule is CC(=O)COc1cc(S(=O)(=O)[O-])cc2cc(S(=O)(=O)O)ccc12. The Hall–Kier alpha value is -2.01. The quantitative estimate of drug-likeness (QED) is 0.779. The van der Waals surface area contributed by atoms with Gasteiger partial charge in [-0.2, -0.15) is 8.42 Å². The van der Waals surface area contributed by atoms with E-state index in [4.69, 9.17) is 9.29 Å². The highest BCUT2D eigenvalue weighted by Gasteiger charge is 2.15. The van der Waals surface area contributed by atoms with Crippen molar-refractivity contribution >= 4 is 36.8 Å². The minimum absolute atomic E-state index is 0.0515. The average molecular weight is 359 g/mol. The molecule has 23 heavy (non-hydrogen) atoms. The van der Waals surface area contributed by atoms with Crippen molar-refractivity contribution < 1.29 is 35.5 Å². The molecule has 2 aromatic carbocycles. The van der Waals surface area contributed by atoms with E-state index >= 15 is 0 Å². The van der Waals surface area contributed by atoms with Crippen LogP contribution in [0, 0.1) is 0 Å². The Morgan fingerprint density at radius 2 is 1.74 bits per heavy atom. The van der Waals surface area contributed by atoms with Gasteiger partial charge in [0.15, 0.2) is 5.78 Å². The molecule has 0 amide bonds. The van der Waals surface area contributed by atoms with Gasteiger partial charge < -0.3 is 9.29 Å². The van der Waals surface area contributed by atoms with Crippen LogP contribution in [0.1, 0.15) is 6.92 Å². The van der Waals surface area contributed by atoms with Gasteiger partial charge in [0.1, 0.15) is 22.5 Å². The number of Topliss-reactive ketones (excluding diaryl/α,β-unsaturated/α-hetero) is 1. The highest BCUT2D eigenvalue weighted by Crippen LogP contribution is 2.31. The molecule has 0 saturated carbocycles. The molecular weight excluding hydrogens is 348 g/mol. The van der Waals surface area contributed by atoms with E-state index < -0.39 is 30.0 Å². The highest BCUT2D eigenvalue weighted by molar-refractivity contribution is 7.86. The van der Waals surface area contributed by atoms with Crippen LogP contribution in [-0.4, -0.2) is 38.3 Å². The zero-order valence-electron chi connectivity index (χ0n) is 11.7. The number of fused-ring (bicyclic) bond motifs is 1. The van der Waals surface area contributed by atoms with Gasteiger partial charge in [-0.25, -0.2) is 8.42 Å². The Kier molecular flexibility index (Phi) is 4.44. The second-order valence-corrected chi connectivity index (χ2v) is 7.53. The Morgan fingerprint density at radius 3 is 2.26 bits per heavy atom. The highest BCUT2D eigenvalue weighted by atomic mass is 32.2. The standard InChI is InChI=1S/C13H12O8S2/c1-8(14)7-21-13-6-11(23(18,19)20)5-9-4-10(22(15,16)17)2-3-12(9)13/h2-6H,7H2,1H3,(H,15,16,17)(H,18,19,20)/p-1. The van der Waals surface area contributed by atoms with Crippen LogP contribution in [-0.2, 0) is 25.0 Å². The van der Waals surface area contributed by atoms with Crippen LogP contribution < -0.4 is 4.74 Å². The van der Waals surface area contributed by atoms with Crippen LogP contribution in [0.4, 0.5) is 0 Å². The van der Waals surface area contributed by atoms with Crippen molar-refractivity contribution in [1.29, 1.82) is 0 Å². The number of carbonyl (C=O) groups excluding carboxylic acids is 1. The first-order valence-corrected chi connectivity index (χ1v) is 8.97. The van der Waals surface area contributed by atoms with Crippen LogP contribution in [0.15, 0.2) is 40.1 Å². The van der Waals surface area contributed by atoms with E-state index in [-0.39, 0.29) is 28.9 Å². The summed E-state index contributed by atoms with van der Waals surface area (Å²) < 4.78 is 70.1. The molecule has 2 aromatic rings. The van der Waals surface area contributed by atoms with Gasteiger partial charge in [-0.1, -0.05) is 0 Å². The molecule has 2 rings (SSSR count). The molecular formula is C13H11O8S2-. The summed E-state index contributed by atoms with van der Waals surface area (Å²) in [6.45, 7) is 0.907. The topological polar surface area (TPSA) is 138 Å². The minimum atomic E-state index is -4.83. The molecule has 0 atom stereocenters. The Morgan fingerprint density at radius 1 is 1.13 bits per heavy atom. The number of hydrogen-bond acceptors (Lipinski definition) is 7. The summed E-state index contributed by atoms with van der Waals surface area (Å²) in [5.74, 6) is -0.392. The predicted molar refractivity (Wildman–Crippen MR) is 77.9 cm³/mol. The first-order chi connectivity index (χ1) is 10.5. The van der Waals surface area contributed by atoms with Crippen molar-refractivity contribution in [2.75, 3.05) is 6.61 Å². The fourth-order valence-corrected chi connectivity index (χ4v) is 2.93. The lowest BCUT2D eigenvalue weighted by molar-refractivity contribution is -0.118. The van der Waals surface area contributed by atoms with Crippen LogP contribution in [0.5, 0.6) is 5.75 Å². The Bertz CT molecular complexity index is 985. The van der Waals surface area contributed by atoms with Crippen molar-refractivity contribution in [2.24, 2.45) is 0 Å². The van der Waals surface area contributed by atoms with Crippen molar-refractivity contribution in [1.82, 2.24) is 0 Å². The van der Waals surface area contributed by atoms with Gasteiger partial charge in [-0.15, -0.1) is 0 Å². The predicted octanol–water partition coefficient (Wildman–Crippen LogP) is 0.958. The molecule has 1 N–H and O–H groups in total. The molecule has 8 nitrogen and oxygen atoms in total. The molecule has 0 bridgehead atoms. The third-order valence-corrected chi connectivity index (χ3v) is 4.54. The molecule has 0 radical (unpaired) electrons. The van der Waals surface area contributed by atoms with E-state index in [0.29, 0.717) is 0 Å². The third kappa shape index (κ3) is 4.05. The van der Waals surface area contributed by atoms with E-state index in [1.165, 1.54) is 13.0 Å². The lowest BCUT2D eigenvalue weighted by Gasteiger charge is -2.13. The fraction of sp³-hybridized carbons (Fsp3) is 0.154. The van der Waals surface area contributed by atoms with E-state index in [9.17, 15) is 26.2 Å². The lowest BCUT2D eigenvalue weighted by atomic mass is 10.1. The summed E-state index contributed by atoms with van der Waals surface area (Å²) in [4.78, 5) is 9.89. The number of ketones is 1. The Labute approximate surface area is 132 Å². The minimum Gasteiger partial charge on any atom is -0.744 e. The number of benzene rings is 2. The van der Waals surface area contributed by atoms with Crippen LogP contribution in [0.25, 0.3) is 10.8 Å². The van der Waals surface area contributed by atoms with Crippen molar-refractivity contribution in [2.45, 2.75) is 16.7 Å². The second kappa shape index (κ2) is 5.89. The Balaban J connectivity index is 2.75. The number of hydrogen-bond donors (Lipinski definition) is 1. The molecule has 10 heteroatoms. The van der Waals surface area contributed by atoms with Gasteiger partial charge in [-0.05, 0) is 42.6 Å². The van der Waals surface area contributed by atoms with Gasteiger partial charge >= 0.3 is 0 Å². The van der Waals surface area contributed by atoms with Gasteiger partial charge in [0, 0.05) is 5.39 Å². The maximum Gasteiger partial charge on any atom is 0.294 e. The van der Waals surface area contributed by atoms with Crippen LogP contribution in [0.3, 0.4) is 0 Å². The third-order valence-electron chi connectivity index (χ3n) is 2.88. The molecule has 0 saturated heterocycles. The maximum absolute atomic E-state index is 11.2. The summed E-state index contributed by atoms with van der Waals surface area (Å²) in [5, 5.41) is 0.335. The smallest absolute Gasteiger partial charge is 0.294 e. The molecule has 124 valence electrons. The molecule has 0 aliphatic carbocycles. The molecule has 0 heterocycles. The first kappa shape index (κ1) is 17.3. The summed E-state index contributed by atoms with van der Waals surface area (Å²) in [7, 11) is -9.33. The zero-order valence-corrected chi connectivity index (χ0v) is 13.3. The second-order valence-electron chi connectivity index (χ2n) is 4.72. The van der Waals surface area contributed by atoms with Crippen LogP contribution in [0.2, 0.25) is 0 Å². The molecule has 0 unspecified atom stereocenters. The summed E-state index contributed by atoms with van der Waals surface area (Å²) in [6, 6.07) is 5.28. The van der Waals surface area contributed by atoms with E-state index in [2.05, 4.69) is 0 Å². The van der Waals surface area contributed by atoms with Gasteiger partial charge in [0.05, 0.1) is 9.79 Å². The van der Waals surface area contributed by atoms with Gasteiger partial charge in [0.2, 0.25) is 0 Å². The maximum atomic E-state index is 11.2. The van der Waals surface area contributed by atoms with Crippen molar-refractivity contribution in [3.05, 3.63) is 30.3 Å². The average Bonchev–Trinajstić information content (AvgIpc) is 2.41. The number of carbonyl (C=O) groups is 1. The van der Waals surface area contributed by atoms with Crippen molar-refractivity contribution in [3.8, 4) is 5.75 Å². The van der Waals surface area contributed by atoms with Gasteiger partial charge in [-0.3, -0.25) is 9.35 Å². The fourth-order valence-electron chi connectivity index (χ4n) is 1.89. The van der Waals surface area contributed by atoms with Crippen molar-refractivity contribution in [3.63, 3.8) is 0 Å². The zero-order chi connectivity index (χ0) is 17.4. The molecule has 0 aliphatic rings. The number of ether oxygens (including phenoxy) is 1. The first-order valence-electron chi connectivity index (χ1n) is 6.12. The molecule has 0 aromatic heterocycles. The summed E-state index contributed by atoms with van der Waals surface area (Å²) in [6.07, 6.45) is 0. The largest absolute Gasteiger partial charge is 0.744 e. The molecule has 0 aliphatic heterocycles. The van der Waals surface area contributed by atoms with E-state index in [1.807, 2.05) is 0 Å². The van der Waals surface area contributed by atoms with Gasteiger partial charge in [0.25, 0.3) is 10.1 Å². The normalized spacial score (nSPS) is 12.3. The summed E-state index contributed by atoms with van der Waals surface area (Å²) >= 11 is 0. The van der Waals surface area contributed by atoms with Crippen LogP contribution >= 0.6 is 0 Å². The molecule has 0 fully saturated rings. The molecule has 0 spiro atoms. The van der Waals surface area contributed by atoms with E-state index in [0.717, 1.165) is 24.3 Å².